The Kier molecular flexibility index (Phi) is 10.5. The molecule has 2 heterocycles. The van der Waals surface area contributed by atoms with Gasteiger partial charge in [-0.25, -0.2) is 9.78 Å². The molecule has 5 aromatic rings. The maximum atomic E-state index is 12.4. The van der Waals surface area contributed by atoms with Gasteiger partial charge >= 0.3 is 6.03 Å². The van der Waals surface area contributed by atoms with Crippen LogP contribution < -0.4 is 10.6 Å². The van der Waals surface area contributed by atoms with Crippen LogP contribution in [0.1, 0.15) is 46.6 Å². The highest BCUT2D eigenvalue weighted by atomic mass is 32.2. The Morgan fingerprint density at radius 2 is 1.57 bits per heavy atom. The van der Waals surface area contributed by atoms with E-state index in [0.29, 0.717) is 19.5 Å². The second-order valence-corrected chi connectivity index (χ2v) is 12.3. The Bertz CT molecular complexity index is 1730. The van der Waals surface area contributed by atoms with Gasteiger partial charge in [-0.2, -0.15) is 0 Å². The van der Waals surface area contributed by atoms with Gasteiger partial charge in [0.15, 0.2) is 11.4 Å². The molecule has 0 bridgehead atoms. The zero-order valence-electron chi connectivity index (χ0n) is 25.7. The molecule has 4 aromatic carbocycles. The second-order valence-electron chi connectivity index (χ2n) is 11.3. The molecule has 9 heteroatoms. The number of aromatic nitrogens is 2. The van der Waals surface area contributed by atoms with Crippen molar-refractivity contribution in [3.63, 3.8) is 0 Å². The van der Waals surface area contributed by atoms with Crippen LogP contribution in [0.25, 0.3) is 11.1 Å². The smallest absolute Gasteiger partial charge is 0.315 e. The molecule has 0 saturated carbocycles. The number of aliphatic hydroxyl groups is 1. The Labute approximate surface area is 273 Å². The molecule has 236 valence electrons. The van der Waals surface area contributed by atoms with Crippen LogP contribution in [0.5, 0.6) is 0 Å². The zero-order chi connectivity index (χ0) is 31.7. The summed E-state index contributed by atoms with van der Waals surface area (Å²) in [6.07, 6.45) is 3.68. The highest BCUT2D eigenvalue weighted by molar-refractivity contribution is 7.99. The molecular weight excluding hydrogens is 596 g/mol. The predicted octanol–water partition coefficient (Wildman–Crippen LogP) is 6.92. The molecule has 2 amide bonds. The van der Waals surface area contributed by atoms with Gasteiger partial charge in [0.1, 0.15) is 0 Å². The van der Waals surface area contributed by atoms with Gasteiger partial charge in [-0.05, 0) is 45.5 Å². The van der Waals surface area contributed by atoms with Gasteiger partial charge in [-0.3, -0.25) is 0 Å². The van der Waals surface area contributed by atoms with Crippen molar-refractivity contribution in [2.45, 2.75) is 49.8 Å². The molecule has 1 aliphatic rings. The molecule has 1 saturated heterocycles. The number of hydrogen-bond donors (Lipinski definition) is 3. The van der Waals surface area contributed by atoms with Crippen LogP contribution in [0.3, 0.4) is 0 Å². The fourth-order valence-electron chi connectivity index (χ4n) is 5.43. The van der Waals surface area contributed by atoms with E-state index in [9.17, 15) is 9.90 Å². The van der Waals surface area contributed by atoms with E-state index in [2.05, 4.69) is 39.9 Å². The monoisotopic (exact) mass is 634 g/mol. The highest BCUT2D eigenvalue weighted by Crippen LogP contribution is 2.40. The van der Waals surface area contributed by atoms with Gasteiger partial charge in [-0.15, -0.1) is 0 Å². The summed E-state index contributed by atoms with van der Waals surface area (Å²) >= 11 is 1.67. The number of hydrogen-bond acceptors (Lipinski definition) is 6. The number of benzene rings is 4. The fourth-order valence-corrected chi connectivity index (χ4v) is 6.38. The van der Waals surface area contributed by atoms with Crippen molar-refractivity contribution in [2.75, 3.05) is 5.75 Å². The normalized spacial score (nSPS) is 17.8. The number of urea groups is 1. The van der Waals surface area contributed by atoms with Crippen molar-refractivity contribution in [3.05, 3.63) is 143 Å². The first-order valence-electron chi connectivity index (χ1n) is 15.4. The lowest BCUT2D eigenvalue weighted by Crippen LogP contribution is -2.34. The second kappa shape index (κ2) is 15.2. The van der Waals surface area contributed by atoms with Crippen LogP contribution in [0.15, 0.2) is 121 Å². The van der Waals surface area contributed by atoms with Gasteiger partial charge < -0.3 is 29.8 Å². The molecule has 3 N–H and O–H groups in total. The summed E-state index contributed by atoms with van der Waals surface area (Å²) in [6.45, 7) is 0.892. The number of aryl methyl sites for hydroxylation is 1. The summed E-state index contributed by atoms with van der Waals surface area (Å²) in [5.74, 6) is 0.740. The molecule has 46 heavy (non-hydrogen) atoms. The number of amides is 2. The summed E-state index contributed by atoms with van der Waals surface area (Å²) in [4.78, 5) is 16.9. The average molecular weight is 635 g/mol. The number of ether oxygens (including phenoxy) is 2. The van der Waals surface area contributed by atoms with Crippen LogP contribution in [0.2, 0.25) is 0 Å². The van der Waals surface area contributed by atoms with Crippen LogP contribution in [0.4, 0.5) is 4.79 Å². The van der Waals surface area contributed by atoms with Crippen molar-refractivity contribution < 1.29 is 19.4 Å². The van der Waals surface area contributed by atoms with Crippen molar-refractivity contribution in [1.82, 2.24) is 20.2 Å². The third-order valence-electron chi connectivity index (χ3n) is 7.96. The SMILES string of the molecule is Cn1ccnc1SC[C@H]1C[C@@H](c2ccc(CO)cc2)O[C@@H](c2cccc(-c3cccc(CNC(=O)NCc4ccccc4)c3)c2)O1. The molecule has 8 nitrogen and oxygen atoms in total. The molecule has 6 rings (SSSR count). The van der Waals surface area contributed by atoms with Gasteiger partial charge in [0.25, 0.3) is 0 Å². The van der Waals surface area contributed by atoms with E-state index in [1.807, 2.05) is 96.7 Å². The van der Waals surface area contributed by atoms with Crippen molar-refractivity contribution >= 4 is 17.8 Å². The molecule has 0 unspecified atom stereocenters. The number of rotatable bonds is 11. The van der Waals surface area contributed by atoms with Crippen LogP contribution in [0, 0.1) is 0 Å². The summed E-state index contributed by atoms with van der Waals surface area (Å²) in [6, 6.07) is 34.0. The minimum absolute atomic E-state index is 0.00593. The number of carbonyl (C=O) groups is 1. The molecular formula is C37H38N4O4S. The Morgan fingerprint density at radius 1 is 0.848 bits per heavy atom. The first kappa shape index (κ1) is 31.6. The Hall–Kier alpha value is -4.41. The quantitative estimate of drug-likeness (QED) is 0.137. The number of thioether (sulfide) groups is 1. The summed E-state index contributed by atoms with van der Waals surface area (Å²) in [7, 11) is 1.99. The van der Waals surface area contributed by atoms with Gasteiger partial charge in [-0.1, -0.05) is 103 Å². The molecule has 1 aliphatic heterocycles. The number of aliphatic hydroxyl groups excluding tert-OH is 1. The lowest BCUT2D eigenvalue weighted by atomic mass is 9.99. The minimum atomic E-state index is -0.554. The average Bonchev–Trinajstić information content (AvgIpc) is 3.53. The standard InChI is InChI=1S/C37H38N4O4S/c1-41-18-17-38-37(41)46-25-33-21-34(29-15-13-27(24-42)14-16-29)45-35(44-33)32-12-6-11-31(20-32)30-10-5-9-28(19-30)23-40-36(43)39-22-26-7-3-2-4-8-26/h2-20,33-35,42H,21-25H2,1H3,(H2,39,40,43)/t33-,34+,35+/m1/s1. The third kappa shape index (κ3) is 8.24. The topological polar surface area (TPSA) is 97.6 Å². The van der Waals surface area contributed by atoms with Gasteiger partial charge in [0, 0.05) is 50.3 Å². The lowest BCUT2D eigenvalue weighted by molar-refractivity contribution is -0.245. The van der Waals surface area contributed by atoms with E-state index >= 15 is 0 Å². The molecule has 0 spiro atoms. The zero-order valence-corrected chi connectivity index (χ0v) is 26.5. The number of nitrogens with one attached hydrogen (secondary N) is 2. The number of carbonyl (C=O) groups excluding carboxylic acids is 1. The summed E-state index contributed by atoms with van der Waals surface area (Å²) < 4.78 is 15.2. The van der Waals surface area contributed by atoms with E-state index in [4.69, 9.17) is 9.47 Å². The van der Waals surface area contributed by atoms with Crippen LogP contribution in [-0.2, 0) is 36.2 Å². The predicted molar refractivity (Wildman–Crippen MR) is 180 cm³/mol. The maximum absolute atomic E-state index is 12.4. The van der Waals surface area contributed by atoms with Gasteiger partial charge in [0.2, 0.25) is 0 Å². The molecule has 1 aromatic heterocycles. The van der Waals surface area contributed by atoms with E-state index in [-0.39, 0.29) is 24.8 Å². The highest BCUT2D eigenvalue weighted by Gasteiger charge is 2.32. The van der Waals surface area contributed by atoms with Crippen LogP contribution >= 0.6 is 11.8 Å². The molecule has 1 fully saturated rings. The third-order valence-corrected chi connectivity index (χ3v) is 9.15. The number of imidazole rings is 1. The van der Waals surface area contributed by atoms with Crippen molar-refractivity contribution in [2.24, 2.45) is 7.05 Å². The Balaban J connectivity index is 1.15. The minimum Gasteiger partial charge on any atom is -0.392 e. The fraction of sp³-hybridized carbons (Fsp3) is 0.243. The molecule has 3 atom stereocenters. The van der Waals surface area contributed by atoms with Gasteiger partial charge in [0.05, 0.1) is 18.8 Å². The summed E-state index contributed by atoms with van der Waals surface area (Å²) in [5.41, 5.74) is 6.99. The van der Waals surface area contributed by atoms with E-state index in [0.717, 1.165) is 49.9 Å². The maximum Gasteiger partial charge on any atom is 0.315 e. The Morgan fingerprint density at radius 3 is 2.30 bits per heavy atom. The van der Waals surface area contributed by atoms with Crippen LogP contribution in [-0.4, -0.2) is 32.5 Å². The van der Waals surface area contributed by atoms with E-state index < -0.39 is 6.29 Å². The lowest BCUT2D eigenvalue weighted by Gasteiger charge is -2.36. The first-order chi connectivity index (χ1) is 22.5. The summed E-state index contributed by atoms with van der Waals surface area (Å²) in [5, 5.41) is 16.3. The molecule has 0 aliphatic carbocycles. The first-order valence-corrected chi connectivity index (χ1v) is 16.4. The van der Waals surface area contributed by atoms with Crippen molar-refractivity contribution in [3.8, 4) is 11.1 Å². The largest absolute Gasteiger partial charge is 0.392 e. The number of nitrogens with zero attached hydrogens (tertiary/aromatic N) is 2. The van der Waals surface area contributed by atoms with Crippen molar-refractivity contribution in [1.29, 1.82) is 0 Å². The molecule has 0 radical (unpaired) electrons. The van der Waals surface area contributed by atoms with E-state index in [1.54, 1.807) is 18.0 Å². The van der Waals surface area contributed by atoms with E-state index in [1.165, 1.54) is 0 Å².